The predicted octanol–water partition coefficient (Wildman–Crippen LogP) is 7.99. The van der Waals surface area contributed by atoms with Gasteiger partial charge in [-0.1, -0.05) is 54.9 Å². The molecule has 5 aliphatic rings. The van der Waals surface area contributed by atoms with Gasteiger partial charge >= 0.3 is 0 Å². The Kier molecular flexibility index (Phi) is 13.8. The van der Waals surface area contributed by atoms with Gasteiger partial charge in [0.1, 0.15) is 30.0 Å². The summed E-state index contributed by atoms with van der Waals surface area (Å²) in [5.41, 5.74) is 3.47. The van der Waals surface area contributed by atoms with Crippen molar-refractivity contribution in [2.75, 3.05) is 33.0 Å². The van der Waals surface area contributed by atoms with Crippen LogP contribution in [0.5, 0.6) is 11.5 Å². The van der Waals surface area contributed by atoms with E-state index in [2.05, 4.69) is 25.3 Å². The molecule has 2 aliphatic heterocycles. The molecular weight excluding hydrogens is 728 g/mol. The third-order valence-corrected chi connectivity index (χ3v) is 12.3. The predicted molar refractivity (Wildman–Crippen MR) is 215 cm³/mol. The van der Waals surface area contributed by atoms with E-state index >= 15 is 0 Å². The molecule has 10 nitrogen and oxygen atoms in total. The van der Waals surface area contributed by atoms with Crippen LogP contribution in [0.15, 0.2) is 84.6 Å². The van der Waals surface area contributed by atoms with Crippen LogP contribution in [0.25, 0.3) is 0 Å². The van der Waals surface area contributed by atoms with E-state index in [0.717, 1.165) is 80.2 Å². The summed E-state index contributed by atoms with van der Waals surface area (Å²) in [7, 11) is 0. The number of halogens is 1. The van der Waals surface area contributed by atoms with Gasteiger partial charge in [0.05, 0.1) is 24.8 Å². The highest BCUT2D eigenvalue weighted by Crippen LogP contribution is 2.62. The molecule has 2 heterocycles. The number of hydrogen-bond acceptors (Lipinski definition) is 9. The Bertz CT molecular complexity index is 1750. The standard InChI is InChI=1S/C46H59FN2O8/c1-3-24-53-35-20-21-40-38(28-35)43-36(12-6-9-23-51)33(11-5-8-22-50)27-37-39(48-57-42-13-7-10-26-54-42)29-41(46(56-40,44(37)43)55-25-4-2)49(45(52)32-16-17-32)30-31-14-18-34(47)19-15-31/h3-4,14-15,18-21,27-28,32-33,36,41-44,50-51H,1-2,5-13,16-17,22-26,29-30H2. The maximum Gasteiger partial charge on any atom is 0.239 e. The number of ether oxygens (including phenoxy) is 4. The number of aliphatic hydroxyl groups is 2. The van der Waals surface area contributed by atoms with Gasteiger partial charge in [-0.3, -0.25) is 4.79 Å². The summed E-state index contributed by atoms with van der Waals surface area (Å²) in [6, 6.07) is 11.6. The highest BCUT2D eigenvalue weighted by Gasteiger charge is 2.66. The number of oxime groups is 1. The van der Waals surface area contributed by atoms with Gasteiger partial charge in [-0.15, -0.1) is 6.58 Å². The SMILES string of the molecule is C=CCOc1ccc2c(c1)C1C(CCCCO)C(CCCCO)C=C3C(=NOC4CCCCO4)CC(N(Cc4ccc(F)cc4)C(=O)C4CC4)C(OCC=C)(O2)C31. The Labute approximate surface area is 336 Å². The van der Waals surface area contributed by atoms with Gasteiger partial charge in [-0.2, -0.15) is 0 Å². The molecule has 0 bridgehead atoms. The number of rotatable bonds is 20. The summed E-state index contributed by atoms with van der Waals surface area (Å²) in [6.07, 6.45) is 14.6. The van der Waals surface area contributed by atoms with E-state index in [1.807, 2.05) is 17.0 Å². The first-order chi connectivity index (χ1) is 27.9. The number of fused-ring (bicyclic) bond motifs is 2. The largest absolute Gasteiger partial charge is 0.490 e. The van der Waals surface area contributed by atoms with Crippen LogP contribution in [0.1, 0.15) is 94.1 Å². The fourth-order valence-corrected chi connectivity index (χ4v) is 9.50. The number of unbranched alkanes of at least 4 members (excludes halogenated alkanes) is 2. The number of carbonyl (C=O) groups is 1. The van der Waals surface area contributed by atoms with Crippen LogP contribution in [0.3, 0.4) is 0 Å². The minimum Gasteiger partial charge on any atom is -0.490 e. The topological polar surface area (TPSA) is 119 Å². The van der Waals surface area contributed by atoms with E-state index in [4.69, 9.17) is 28.9 Å². The minimum atomic E-state index is -1.38. The average Bonchev–Trinajstić information content (AvgIpc) is 4.09. The van der Waals surface area contributed by atoms with Crippen LogP contribution in [-0.4, -0.2) is 77.9 Å². The summed E-state index contributed by atoms with van der Waals surface area (Å²) >= 11 is 0. The number of allylic oxidation sites excluding steroid dienone is 1. The number of carbonyl (C=O) groups excluding carboxylic acids is 1. The first kappa shape index (κ1) is 41.1. The zero-order chi connectivity index (χ0) is 39.8. The Balaban J connectivity index is 1.44. The molecular formula is C46H59FN2O8. The van der Waals surface area contributed by atoms with Crippen molar-refractivity contribution in [3.05, 3.63) is 96.4 Å². The van der Waals surface area contributed by atoms with Gasteiger partial charge in [-0.25, -0.2) is 4.39 Å². The third kappa shape index (κ3) is 9.17. The lowest BCUT2D eigenvalue weighted by Crippen LogP contribution is -2.70. The van der Waals surface area contributed by atoms with Gasteiger partial charge < -0.3 is 38.9 Å². The van der Waals surface area contributed by atoms with Crippen LogP contribution < -0.4 is 9.47 Å². The second-order valence-corrected chi connectivity index (χ2v) is 16.1. The Morgan fingerprint density at radius 1 is 0.982 bits per heavy atom. The Morgan fingerprint density at radius 3 is 2.46 bits per heavy atom. The molecule has 2 N–H and O–H groups in total. The lowest BCUT2D eigenvalue weighted by molar-refractivity contribution is -0.258. The molecule has 0 radical (unpaired) electrons. The van der Waals surface area contributed by atoms with Crippen LogP contribution in [0, 0.1) is 29.5 Å². The highest BCUT2D eigenvalue weighted by atomic mass is 19.1. The molecule has 7 unspecified atom stereocenters. The minimum absolute atomic E-state index is 0.00511. The molecule has 57 heavy (non-hydrogen) atoms. The van der Waals surface area contributed by atoms with Crippen molar-refractivity contribution in [3.63, 3.8) is 0 Å². The number of nitrogens with zero attached hydrogens (tertiary/aromatic N) is 2. The second kappa shape index (κ2) is 19.1. The van der Waals surface area contributed by atoms with Gasteiger partial charge in [0.2, 0.25) is 18.0 Å². The fourth-order valence-electron chi connectivity index (χ4n) is 9.50. The van der Waals surface area contributed by atoms with E-state index in [1.54, 1.807) is 24.3 Å². The smallest absolute Gasteiger partial charge is 0.239 e. The van der Waals surface area contributed by atoms with Crippen molar-refractivity contribution in [3.8, 4) is 11.5 Å². The number of amides is 1. The summed E-state index contributed by atoms with van der Waals surface area (Å²) in [4.78, 5) is 22.8. The number of hydrogen-bond donors (Lipinski definition) is 2. The molecule has 7 rings (SSSR count). The van der Waals surface area contributed by atoms with Gasteiger partial charge in [-0.05, 0) is 105 Å². The maximum atomic E-state index is 14.7. The van der Waals surface area contributed by atoms with Crippen LogP contribution >= 0.6 is 0 Å². The maximum absolute atomic E-state index is 14.7. The lowest BCUT2D eigenvalue weighted by Gasteiger charge is -2.60. The number of benzene rings is 2. The molecule has 3 fully saturated rings. The Hall–Kier alpha value is -4.03. The van der Waals surface area contributed by atoms with Crippen molar-refractivity contribution >= 4 is 11.6 Å². The second-order valence-electron chi connectivity index (χ2n) is 16.1. The van der Waals surface area contributed by atoms with Crippen molar-refractivity contribution in [1.82, 2.24) is 4.90 Å². The third-order valence-electron chi connectivity index (χ3n) is 12.3. The van der Waals surface area contributed by atoms with Crippen molar-refractivity contribution in [1.29, 1.82) is 0 Å². The summed E-state index contributed by atoms with van der Waals surface area (Å²) in [5, 5.41) is 24.7. The van der Waals surface area contributed by atoms with Crippen molar-refractivity contribution < 1.29 is 43.2 Å². The molecule has 2 aromatic rings. The van der Waals surface area contributed by atoms with Crippen LogP contribution in [0.4, 0.5) is 4.39 Å². The van der Waals surface area contributed by atoms with Crippen LogP contribution in [-0.2, 0) is 25.7 Å². The monoisotopic (exact) mass is 786 g/mol. The normalized spacial score (nSPS) is 28.3. The molecule has 0 spiro atoms. The van der Waals surface area contributed by atoms with Crippen molar-refractivity contribution in [2.45, 2.75) is 108 Å². The fraction of sp³-hybridized carbons (Fsp3) is 0.565. The van der Waals surface area contributed by atoms with Crippen molar-refractivity contribution in [2.24, 2.45) is 28.8 Å². The van der Waals surface area contributed by atoms with Crippen LogP contribution in [0.2, 0.25) is 0 Å². The average molecular weight is 787 g/mol. The molecule has 2 aromatic carbocycles. The van der Waals surface area contributed by atoms with E-state index in [9.17, 15) is 19.4 Å². The molecule has 2 saturated carbocycles. The quantitative estimate of drug-likeness (QED) is 0.0788. The van der Waals surface area contributed by atoms with E-state index in [-0.39, 0.29) is 68.2 Å². The molecule has 0 aromatic heterocycles. The molecule has 1 saturated heterocycles. The van der Waals surface area contributed by atoms with Gasteiger partial charge in [0.15, 0.2) is 0 Å². The molecule has 11 heteroatoms. The zero-order valence-electron chi connectivity index (χ0n) is 33.1. The number of aliphatic hydroxyl groups excluding tert-OH is 2. The molecule has 3 aliphatic carbocycles. The van der Waals surface area contributed by atoms with E-state index < -0.39 is 24.0 Å². The summed E-state index contributed by atoms with van der Waals surface area (Å²) < 4.78 is 40.7. The zero-order valence-corrected chi connectivity index (χ0v) is 33.1. The first-order valence-electron chi connectivity index (χ1n) is 21.0. The summed E-state index contributed by atoms with van der Waals surface area (Å²) in [6.45, 7) is 9.44. The Morgan fingerprint density at radius 2 is 1.75 bits per heavy atom. The summed E-state index contributed by atoms with van der Waals surface area (Å²) in [5.74, 6) is -0.924. The first-order valence-corrected chi connectivity index (χ1v) is 21.0. The van der Waals surface area contributed by atoms with E-state index in [1.165, 1.54) is 12.1 Å². The van der Waals surface area contributed by atoms with E-state index in [0.29, 0.717) is 37.6 Å². The lowest BCUT2D eigenvalue weighted by atomic mass is 9.55. The molecule has 1 amide bonds. The van der Waals surface area contributed by atoms with Gasteiger partial charge in [0, 0.05) is 50.0 Å². The molecule has 308 valence electrons. The molecule has 7 atom stereocenters. The highest BCUT2D eigenvalue weighted by molar-refractivity contribution is 6.03. The van der Waals surface area contributed by atoms with Gasteiger partial charge in [0.25, 0.3) is 0 Å².